The van der Waals surface area contributed by atoms with Crippen molar-refractivity contribution in [1.82, 2.24) is 4.90 Å². The van der Waals surface area contributed by atoms with Gasteiger partial charge in [-0.25, -0.2) is 4.79 Å². The molecular formula is C15H20N2O4. The van der Waals surface area contributed by atoms with Gasteiger partial charge in [-0.1, -0.05) is 6.07 Å². The van der Waals surface area contributed by atoms with E-state index in [9.17, 15) is 14.9 Å². The van der Waals surface area contributed by atoms with Crippen LogP contribution >= 0.6 is 0 Å². The van der Waals surface area contributed by atoms with Crippen LogP contribution in [0.2, 0.25) is 0 Å². The lowest BCUT2D eigenvalue weighted by Crippen LogP contribution is -2.45. The summed E-state index contributed by atoms with van der Waals surface area (Å²) in [4.78, 5) is 24.3. The van der Waals surface area contributed by atoms with E-state index in [2.05, 4.69) is 0 Å². The number of ether oxygens (including phenoxy) is 1. The van der Waals surface area contributed by atoms with Gasteiger partial charge in [0.1, 0.15) is 5.60 Å². The van der Waals surface area contributed by atoms with E-state index < -0.39 is 10.5 Å². The predicted octanol–water partition coefficient (Wildman–Crippen LogP) is 3.28. The number of rotatable bonds is 1. The molecule has 0 saturated carbocycles. The van der Waals surface area contributed by atoms with E-state index in [0.717, 1.165) is 11.1 Å². The highest BCUT2D eigenvalue weighted by Crippen LogP contribution is 2.28. The highest BCUT2D eigenvalue weighted by atomic mass is 16.6. The number of benzene rings is 1. The van der Waals surface area contributed by atoms with Crippen LogP contribution in [0.5, 0.6) is 0 Å². The lowest BCUT2D eigenvalue weighted by atomic mass is 9.94. The molecule has 6 heteroatoms. The quantitative estimate of drug-likeness (QED) is 0.588. The zero-order valence-electron chi connectivity index (χ0n) is 12.8. The number of nitro groups is 1. The summed E-state index contributed by atoms with van der Waals surface area (Å²) in [5.41, 5.74) is 1.35. The summed E-state index contributed by atoms with van der Waals surface area (Å²) < 4.78 is 5.39. The molecule has 1 aromatic rings. The molecule has 0 fully saturated rings. The van der Waals surface area contributed by atoms with Crippen LogP contribution in [0.25, 0.3) is 0 Å². The molecule has 1 amide bonds. The smallest absolute Gasteiger partial charge is 0.410 e. The van der Waals surface area contributed by atoms with Gasteiger partial charge in [0, 0.05) is 24.7 Å². The lowest BCUT2D eigenvalue weighted by molar-refractivity contribution is -0.385. The number of carbonyl (C=O) groups is 1. The van der Waals surface area contributed by atoms with Gasteiger partial charge in [-0.3, -0.25) is 10.1 Å². The maximum absolute atomic E-state index is 12.2. The number of hydrogen-bond donors (Lipinski definition) is 0. The van der Waals surface area contributed by atoms with Crippen molar-refractivity contribution < 1.29 is 14.5 Å². The Bertz CT molecular complexity index is 578. The molecule has 1 atom stereocenters. The minimum Gasteiger partial charge on any atom is -0.444 e. The standard InChI is InChI=1S/C15H20N2O4/c1-10-7-11-5-6-13(17(19)20)8-12(11)9-16(10)14(18)21-15(2,3)4/h5-6,8,10H,7,9H2,1-4H3. The zero-order valence-corrected chi connectivity index (χ0v) is 12.8. The molecule has 1 unspecified atom stereocenters. The fraction of sp³-hybridized carbons (Fsp3) is 0.533. The molecule has 1 aliphatic rings. The third kappa shape index (κ3) is 3.51. The van der Waals surface area contributed by atoms with Gasteiger partial charge in [-0.2, -0.15) is 0 Å². The minimum absolute atomic E-state index is 0.00815. The first-order valence-electron chi connectivity index (χ1n) is 6.93. The average molecular weight is 292 g/mol. The van der Waals surface area contributed by atoms with Crippen molar-refractivity contribution in [3.63, 3.8) is 0 Å². The number of carbonyl (C=O) groups excluding carboxylic acids is 1. The van der Waals surface area contributed by atoms with Crippen LogP contribution in [0.1, 0.15) is 38.8 Å². The van der Waals surface area contributed by atoms with Crippen molar-refractivity contribution >= 4 is 11.8 Å². The summed E-state index contributed by atoms with van der Waals surface area (Å²) in [5.74, 6) is 0. The number of fused-ring (bicyclic) bond motifs is 1. The van der Waals surface area contributed by atoms with Crippen LogP contribution in [0.3, 0.4) is 0 Å². The molecule has 114 valence electrons. The molecule has 0 saturated heterocycles. The van der Waals surface area contributed by atoms with Crippen LogP contribution in [0.15, 0.2) is 18.2 Å². The largest absolute Gasteiger partial charge is 0.444 e. The molecule has 0 radical (unpaired) electrons. The number of hydrogen-bond acceptors (Lipinski definition) is 4. The van der Waals surface area contributed by atoms with Crippen molar-refractivity contribution in [3.8, 4) is 0 Å². The average Bonchev–Trinajstić information content (AvgIpc) is 2.35. The Morgan fingerprint density at radius 1 is 1.38 bits per heavy atom. The van der Waals surface area contributed by atoms with Crippen LogP contribution in [0.4, 0.5) is 10.5 Å². The molecule has 0 aromatic heterocycles. The lowest BCUT2D eigenvalue weighted by Gasteiger charge is -2.35. The number of non-ortho nitro benzene ring substituents is 1. The summed E-state index contributed by atoms with van der Waals surface area (Å²) in [6.45, 7) is 7.75. The molecule has 21 heavy (non-hydrogen) atoms. The molecule has 0 spiro atoms. The van der Waals surface area contributed by atoms with E-state index in [0.29, 0.717) is 13.0 Å². The number of nitro benzene ring substituents is 1. The van der Waals surface area contributed by atoms with Gasteiger partial charge in [0.05, 0.1) is 4.92 Å². The summed E-state index contributed by atoms with van der Waals surface area (Å²) in [5, 5.41) is 10.9. The van der Waals surface area contributed by atoms with E-state index in [1.54, 1.807) is 17.0 Å². The Kier molecular flexibility index (Phi) is 3.89. The van der Waals surface area contributed by atoms with Gasteiger partial charge >= 0.3 is 6.09 Å². The first-order chi connectivity index (χ1) is 9.67. The van der Waals surface area contributed by atoms with E-state index in [4.69, 9.17) is 4.74 Å². The summed E-state index contributed by atoms with van der Waals surface area (Å²) in [6.07, 6.45) is 0.291. The van der Waals surface area contributed by atoms with Gasteiger partial charge in [-0.05, 0) is 45.2 Å². The first-order valence-corrected chi connectivity index (χ1v) is 6.93. The van der Waals surface area contributed by atoms with Crippen molar-refractivity contribution in [2.75, 3.05) is 0 Å². The Hall–Kier alpha value is -2.11. The second kappa shape index (κ2) is 5.35. The van der Waals surface area contributed by atoms with E-state index in [-0.39, 0.29) is 17.8 Å². The van der Waals surface area contributed by atoms with Gasteiger partial charge < -0.3 is 9.64 Å². The Morgan fingerprint density at radius 2 is 2.05 bits per heavy atom. The van der Waals surface area contributed by atoms with Gasteiger partial charge in [0.2, 0.25) is 0 Å². The maximum atomic E-state index is 12.2. The Morgan fingerprint density at radius 3 is 2.62 bits per heavy atom. The summed E-state index contributed by atoms with van der Waals surface area (Å²) >= 11 is 0. The second-order valence-electron chi connectivity index (χ2n) is 6.37. The van der Waals surface area contributed by atoms with Crippen molar-refractivity contribution in [1.29, 1.82) is 0 Å². The predicted molar refractivity (Wildman–Crippen MR) is 78.0 cm³/mol. The van der Waals surface area contributed by atoms with E-state index in [1.807, 2.05) is 27.7 Å². The molecular weight excluding hydrogens is 272 g/mol. The number of amides is 1. The van der Waals surface area contributed by atoms with Gasteiger partial charge in [-0.15, -0.1) is 0 Å². The molecule has 1 aliphatic heterocycles. The molecule has 1 heterocycles. The fourth-order valence-electron chi connectivity index (χ4n) is 2.41. The zero-order chi connectivity index (χ0) is 15.8. The first kappa shape index (κ1) is 15.3. The summed E-state index contributed by atoms with van der Waals surface area (Å²) in [7, 11) is 0. The molecule has 0 aliphatic carbocycles. The highest BCUT2D eigenvalue weighted by Gasteiger charge is 2.31. The highest BCUT2D eigenvalue weighted by molar-refractivity contribution is 5.69. The van der Waals surface area contributed by atoms with Crippen LogP contribution in [-0.2, 0) is 17.7 Å². The third-order valence-electron chi connectivity index (χ3n) is 3.42. The molecule has 0 bridgehead atoms. The van der Waals surface area contributed by atoms with Crippen molar-refractivity contribution in [2.24, 2.45) is 0 Å². The SMILES string of the molecule is CC1Cc2ccc([N+](=O)[O-])cc2CN1C(=O)OC(C)(C)C. The van der Waals surface area contributed by atoms with E-state index in [1.165, 1.54) is 6.07 Å². The minimum atomic E-state index is -0.556. The summed E-state index contributed by atoms with van der Waals surface area (Å²) in [6, 6.07) is 4.83. The number of nitrogens with zero attached hydrogens (tertiary/aromatic N) is 2. The van der Waals surface area contributed by atoms with Gasteiger partial charge in [0.25, 0.3) is 5.69 Å². The monoisotopic (exact) mass is 292 g/mol. The van der Waals surface area contributed by atoms with Crippen molar-refractivity contribution in [3.05, 3.63) is 39.4 Å². The Balaban J connectivity index is 2.23. The van der Waals surface area contributed by atoms with Gasteiger partial charge in [0.15, 0.2) is 0 Å². The Labute approximate surface area is 123 Å². The maximum Gasteiger partial charge on any atom is 0.410 e. The van der Waals surface area contributed by atoms with Crippen molar-refractivity contribution in [2.45, 2.75) is 52.3 Å². The van der Waals surface area contributed by atoms with Crippen LogP contribution in [0, 0.1) is 10.1 Å². The fourth-order valence-corrected chi connectivity index (χ4v) is 2.41. The third-order valence-corrected chi connectivity index (χ3v) is 3.42. The van der Waals surface area contributed by atoms with Crippen LogP contribution in [-0.4, -0.2) is 27.6 Å². The molecule has 6 nitrogen and oxygen atoms in total. The van der Waals surface area contributed by atoms with Crippen LogP contribution < -0.4 is 0 Å². The molecule has 2 rings (SSSR count). The second-order valence-corrected chi connectivity index (χ2v) is 6.37. The normalized spacial score (nSPS) is 18.1. The topological polar surface area (TPSA) is 72.7 Å². The van der Waals surface area contributed by atoms with E-state index >= 15 is 0 Å². The molecule has 0 N–H and O–H groups in total. The molecule has 1 aromatic carbocycles.